The molecule has 0 radical (unpaired) electrons. The first-order valence-electron chi connectivity index (χ1n) is 7.80. The Kier molecular flexibility index (Phi) is 6.14. The number of carbonyl (C=O) groups is 2. The molecule has 1 heterocycles. The van der Waals surface area contributed by atoms with Crippen LogP contribution in [0.1, 0.15) is 34.1 Å². The number of thioether (sulfide) groups is 1. The van der Waals surface area contributed by atoms with Gasteiger partial charge in [0, 0.05) is 11.4 Å². The number of hydrogen-bond acceptors (Lipinski definition) is 5. The first-order valence-corrected chi connectivity index (χ1v) is 8.78. The van der Waals surface area contributed by atoms with Crippen LogP contribution < -0.4 is 5.32 Å². The Morgan fingerprint density at radius 3 is 2.12 bits per heavy atom. The minimum absolute atomic E-state index is 0.0530. The van der Waals surface area contributed by atoms with Crippen molar-refractivity contribution in [1.82, 2.24) is 15.3 Å². The lowest BCUT2D eigenvalue weighted by molar-refractivity contribution is -0.141. The molecule has 2 aromatic rings. The Hall–Kier alpha value is -2.41. The third-order valence-electron chi connectivity index (χ3n) is 3.42. The van der Waals surface area contributed by atoms with Crippen molar-refractivity contribution in [2.45, 2.75) is 38.9 Å². The van der Waals surface area contributed by atoms with Crippen molar-refractivity contribution in [3.05, 3.63) is 52.3 Å². The Labute approximate surface area is 151 Å². The van der Waals surface area contributed by atoms with Gasteiger partial charge >= 0.3 is 5.97 Å². The number of aromatic nitrogens is 2. The van der Waals surface area contributed by atoms with Crippen LogP contribution >= 0.6 is 11.8 Å². The molecule has 7 heteroatoms. The molecule has 1 aromatic carbocycles. The lowest BCUT2D eigenvalue weighted by atomic mass is 10.0. The summed E-state index contributed by atoms with van der Waals surface area (Å²) in [5, 5.41) is 12.5. The molecule has 0 aliphatic rings. The molecule has 0 saturated carbocycles. The Balaban J connectivity index is 2.06. The lowest BCUT2D eigenvalue weighted by Crippen LogP contribution is -2.35. The van der Waals surface area contributed by atoms with Gasteiger partial charge in [0.05, 0.1) is 5.75 Å². The van der Waals surface area contributed by atoms with Crippen LogP contribution in [-0.4, -0.2) is 32.7 Å². The summed E-state index contributed by atoms with van der Waals surface area (Å²) < 4.78 is 0. The highest BCUT2D eigenvalue weighted by Crippen LogP contribution is 2.19. The van der Waals surface area contributed by atoms with Gasteiger partial charge in [-0.05, 0) is 39.3 Å². The van der Waals surface area contributed by atoms with E-state index >= 15 is 0 Å². The van der Waals surface area contributed by atoms with E-state index in [2.05, 4.69) is 15.3 Å². The Morgan fingerprint density at radius 1 is 1.04 bits per heavy atom. The van der Waals surface area contributed by atoms with Crippen molar-refractivity contribution in [3.8, 4) is 0 Å². The minimum atomic E-state index is -1.09. The summed E-state index contributed by atoms with van der Waals surface area (Å²) in [4.78, 5) is 32.3. The second kappa shape index (κ2) is 8.11. The first-order chi connectivity index (χ1) is 11.7. The molecule has 1 amide bonds. The first kappa shape index (κ1) is 18.9. The van der Waals surface area contributed by atoms with Gasteiger partial charge in [0.2, 0.25) is 5.91 Å². The molecule has 132 valence electrons. The fourth-order valence-electron chi connectivity index (χ4n) is 2.56. The SMILES string of the molecule is Cc1cc(C)cc(C(NC(=O)CSc2nc(C)cc(C)n2)C(=O)O)c1. The number of benzene rings is 1. The quantitative estimate of drug-likeness (QED) is 0.609. The molecular formula is C18H21N3O3S. The molecule has 1 unspecified atom stereocenters. The maximum atomic E-state index is 12.2. The molecule has 6 nitrogen and oxygen atoms in total. The van der Waals surface area contributed by atoms with Crippen LogP contribution in [-0.2, 0) is 9.59 Å². The van der Waals surface area contributed by atoms with Gasteiger partial charge in [0.1, 0.15) is 0 Å². The highest BCUT2D eigenvalue weighted by Gasteiger charge is 2.22. The van der Waals surface area contributed by atoms with Crippen LogP contribution in [0.25, 0.3) is 0 Å². The van der Waals surface area contributed by atoms with E-state index in [1.165, 1.54) is 11.8 Å². The standard InChI is InChI=1S/C18H21N3O3S/c1-10-5-11(2)7-14(6-10)16(17(23)24)21-15(22)9-25-18-19-12(3)8-13(4)20-18/h5-8,16H,9H2,1-4H3,(H,21,22)(H,23,24). The minimum Gasteiger partial charge on any atom is -0.479 e. The van der Waals surface area contributed by atoms with Gasteiger partial charge in [-0.15, -0.1) is 0 Å². The number of hydrogen-bond donors (Lipinski definition) is 2. The Bertz CT molecular complexity index is 768. The topological polar surface area (TPSA) is 92.2 Å². The largest absolute Gasteiger partial charge is 0.479 e. The number of carboxylic acid groups (broad SMARTS) is 1. The predicted molar refractivity (Wildman–Crippen MR) is 96.7 cm³/mol. The number of carbonyl (C=O) groups excluding carboxylic acids is 1. The van der Waals surface area contributed by atoms with E-state index in [0.717, 1.165) is 22.5 Å². The second-order valence-corrected chi connectivity index (χ2v) is 6.92. The second-order valence-electron chi connectivity index (χ2n) is 5.98. The summed E-state index contributed by atoms with van der Waals surface area (Å²) >= 11 is 1.18. The van der Waals surface area contributed by atoms with Crippen molar-refractivity contribution < 1.29 is 14.7 Å². The number of carboxylic acids is 1. The van der Waals surface area contributed by atoms with Crippen LogP contribution in [0.2, 0.25) is 0 Å². The van der Waals surface area contributed by atoms with E-state index in [4.69, 9.17) is 0 Å². The van der Waals surface area contributed by atoms with Crippen molar-refractivity contribution in [2.75, 3.05) is 5.75 Å². The number of nitrogens with one attached hydrogen (secondary N) is 1. The van der Waals surface area contributed by atoms with Crippen molar-refractivity contribution in [3.63, 3.8) is 0 Å². The molecule has 0 aliphatic heterocycles. The molecule has 25 heavy (non-hydrogen) atoms. The van der Waals surface area contributed by atoms with Gasteiger partial charge < -0.3 is 10.4 Å². The predicted octanol–water partition coefficient (Wildman–Crippen LogP) is 2.74. The van der Waals surface area contributed by atoms with Crippen LogP contribution in [0.15, 0.2) is 29.4 Å². The number of aliphatic carboxylic acids is 1. The zero-order valence-electron chi connectivity index (χ0n) is 14.7. The normalized spacial score (nSPS) is 11.8. The summed E-state index contributed by atoms with van der Waals surface area (Å²) in [5.74, 6) is -1.41. The van der Waals surface area contributed by atoms with Gasteiger partial charge in [-0.1, -0.05) is 41.1 Å². The fourth-order valence-corrected chi connectivity index (χ4v) is 3.32. The molecule has 1 aromatic heterocycles. The smallest absolute Gasteiger partial charge is 0.330 e. The van der Waals surface area contributed by atoms with Gasteiger partial charge in [-0.25, -0.2) is 14.8 Å². The van der Waals surface area contributed by atoms with Crippen molar-refractivity contribution in [1.29, 1.82) is 0 Å². The molecule has 0 bridgehead atoms. The van der Waals surface area contributed by atoms with Gasteiger partial charge in [-0.3, -0.25) is 4.79 Å². The fraction of sp³-hybridized carbons (Fsp3) is 0.333. The number of amides is 1. The van der Waals surface area contributed by atoms with Crippen LogP contribution in [0.5, 0.6) is 0 Å². The zero-order valence-corrected chi connectivity index (χ0v) is 15.5. The van der Waals surface area contributed by atoms with Gasteiger partial charge in [-0.2, -0.15) is 0 Å². The van der Waals surface area contributed by atoms with Crippen LogP contribution in [0, 0.1) is 27.7 Å². The van der Waals surface area contributed by atoms with Crippen LogP contribution in [0.4, 0.5) is 0 Å². The van der Waals surface area contributed by atoms with Crippen molar-refractivity contribution in [2.24, 2.45) is 0 Å². The summed E-state index contributed by atoms with van der Waals surface area (Å²) in [7, 11) is 0. The number of aryl methyl sites for hydroxylation is 4. The van der Waals surface area contributed by atoms with E-state index in [-0.39, 0.29) is 11.7 Å². The molecule has 0 saturated heterocycles. The monoisotopic (exact) mass is 359 g/mol. The lowest BCUT2D eigenvalue weighted by Gasteiger charge is -2.16. The molecular weight excluding hydrogens is 338 g/mol. The van der Waals surface area contributed by atoms with E-state index in [9.17, 15) is 14.7 Å². The number of rotatable bonds is 6. The molecule has 2 rings (SSSR count). The summed E-state index contributed by atoms with van der Waals surface area (Å²) in [6.07, 6.45) is 0. The van der Waals surface area contributed by atoms with Crippen molar-refractivity contribution >= 4 is 23.6 Å². The molecule has 2 N–H and O–H groups in total. The van der Waals surface area contributed by atoms with Gasteiger partial charge in [0.15, 0.2) is 11.2 Å². The summed E-state index contributed by atoms with van der Waals surface area (Å²) in [6.45, 7) is 7.51. The average molecular weight is 359 g/mol. The summed E-state index contributed by atoms with van der Waals surface area (Å²) in [5.41, 5.74) is 4.12. The van der Waals surface area contributed by atoms with E-state index < -0.39 is 12.0 Å². The third kappa shape index (κ3) is 5.56. The van der Waals surface area contributed by atoms with E-state index in [1.54, 1.807) is 12.1 Å². The van der Waals surface area contributed by atoms with E-state index in [1.807, 2.05) is 39.8 Å². The van der Waals surface area contributed by atoms with Crippen LogP contribution in [0.3, 0.4) is 0 Å². The maximum absolute atomic E-state index is 12.2. The highest BCUT2D eigenvalue weighted by molar-refractivity contribution is 7.99. The van der Waals surface area contributed by atoms with E-state index in [0.29, 0.717) is 10.7 Å². The zero-order chi connectivity index (χ0) is 18.6. The average Bonchev–Trinajstić information content (AvgIpc) is 2.48. The molecule has 0 spiro atoms. The third-order valence-corrected chi connectivity index (χ3v) is 4.27. The molecule has 0 aliphatic carbocycles. The molecule has 0 fully saturated rings. The number of nitrogens with zero attached hydrogens (tertiary/aromatic N) is 2. The highest BCUT2D eigenvalue weighted by atomic mass is 32.2. The summed E-state index contributed by atoms with van der Waals surface area (Å²) in [6, 6.07) is 6.27. The molecule has 1 atom stereocenters. The van der Waals surface area contributed by atoms with Gasteiger partial charge in [0.25, 0.3) is 0 Å². The maximum Gasteiger partial charge on any atom is 0.330 e. The Morgan fingerprint density at radius 2 is 1.60 bits per heavy atom.